The van der Waals surface area contributed by atoms with Crippen LogP contribution in [0.3, 0.4) is 0 Å². The lowest BCUT2D eigenvalue weighted by molar-refractivity contribution is -0.234. The molecule has 50 heavy (non-hydrogen) atoms. The first-order chi connectivity index (χ1) is 23.6. The maximum absolute atomic E-state index is 14.5. The van der Waals surface area contributed by atoms with Crippen LogP contribution in [0.15, 0.2) is 73.1 Å². The lowest BCUT2D eigenvalue weighted by atomic mass is 10.0. The van der Waals surface area contributed by atoms with Crippen molar-refractivity contribution in [1.29, 1.82) is 0 Å². The van der Waals surface area contributed by atoms with Crippen LogP contribution in [0.25, 0.3) is 21.8 Å². The van der Waals surface area contributed by atoms with E-state index >= 15 is 0 Å². The third kappa shape index (κ3) is 11.2. The van der Waals surface area contributed by atoms with Gasteiger partial charge in [-0.05, 0) is 96.2 Å². The Morgan fingerprint density at radius 2 is 1.30 bits per heavy atom. The largest absolute Gasteiger partial charge is 0.276 e. The molecule has 0 radical (unpaired) electrons. The van der Waals surface area contributed by atoms with Crippen LogP contribution in [-0.2, 0) is 40.6 Å². The average Bonchev–Trinajstić information content (AvgIpc) is 3.06. The number of fused-ring (bicyclic) bond motifs is 2. The summed E-state index contributed by atoms with van der Waals surface area (Å²) in [6.45, 7) is 12.9. The molecular formula is C38H50N4O6S2. The third-order valence-corrected chi connectivity index (χ3v) is 11.4. The Bertz CT molecular complexity index is 1840. The summed E-state index contributed by atoms with van der Waals surface area (Å²) >= 11 is 1.62. The molecule has 0 bridgehead atoms. The predicted molar refractivity (Wildman–Crippen MR) is 201 cm³/mol. The highest BCUT2D eigenvalue weighted by atomic mass is 32.2. The molecule has 0 N–H and O–H groups in total. The fourth-order valence-electron chi connectivity index (χ4n) is 5.88. The van der Waals surface area contributed by atoms with Gasteiger partial charge in [0.1, 0.15) is 0 Å². The summed E-state index contributed by atoms with van der Waals surface area (Å²) < 4.78 is 28.9. The van der Waals surface area contributed by atoms with E-state index < -0.39 is 38.4 Å². The maximum Gasteiger partial charge on any atom is 0.233 e. The van der Waals surface area contributed by atoms with E-state index in [0.717, 1.165) is 32.4 Å². The van der Waals surface area contributed by atoms with Gasteiger partial charge in [0.05, 0.1) is 45.3 Å². The lowest BCUT2D eigenvalue weighted by Gasteiger charge is -2.38. The van der Waals surface area contributed by atoms with Crippen molar-refractivity contribution in [2.75, 3.05) is 5.75 Å². The molecule has 0 aliphatic carbocycles. The summed E-state index contributed by atoms with van der Waals surface area (Å²) in [5.41, 5.74) is 1.88. The first-order valence-electron chi connectivity index (χ1n) is 16.9. The van der Waals surface area contributed by atoms with Gasteiger partial charge in [-0.1, -0.05) is 43.3 Å². The molecule has 2 amide bonds. The number of carbonyl (C=O) groups excluding carboxylic acids is 2. The van der Waals surface area contributed by atoms with Gasteiger partial charge in [-0.15, -0.1) is 0 Å². The number of amides is 2. The molecule has 10 nitrogen and oxygen atoms in total. The molecule has 270 valence electrons. The Hall–Kier alpha value is -3.58. The Labute approximate surface area is 300 Å². The van der Waals surface area contributed by atoms with Gasteiger partial charge in [-0.3, -0.25) is 29.2 Å². The Balaban J connectivity index is 1.63. The monoisotopic (exact) mass is 722 g/mol. The molecular weight excluding hydrogens is 673 g/mol. The molecule has 12 heteroatoms. The van der Waals surface area contributed by atoms with Crippen LogP contribution in [0.5, 0.6) is 0 Å². The number of carbonyl (C=O) groups is 2. The molecule has 4 aromatic rings. The van der Waals surface area contributed by atoms with E-state index in [1.807, 2.05) is 109 Å². The van der Waals surface area contributed by atoms with Crippen molar-refractivity contribution in [3.8, 4) is 0 Å². The van der Waals surface area contributed by atoms with Crippen molar-refractivity contribution in [3.63, 3.8) is 0 Å². The molecule has 3 atom stereocenters. The fraction of sp³-hybridized carbons (Fsp3) is 0.474. The molecule has 0 aliphatic heterocycles. The summed E-state index contributed by atoms with van der Waals surface area (Å²) in [7, 11) is -3.90. The van der Waals surface area contributed by atoms with Crippen LogP contribution in [0.4, 0.5) is 0 Å². The second kappa shape index (κ2) is 17.1. The highest BCUT2D eigenvalue weighted by Crippen LogP contribution is 2.29. The molecule has 1 unspecified atom stereocenters. The average molecular weight is 723 g/mol. The Morgan fingerprint density at radius 3 is 1.84 bits per heavy atom. The number of hydrogen-bond donors (Lipinski definition) is 0. The Morgan fingerprint density at radius 1 is 0.780 bits per heavy atom. The van der Waals surface area contributed by atoms with Crippen LogP contribution < -0.4 is 0 Å². The molecule has 2 aromatic carbocycles. The number of nitrogens with zero attached hydrogens (tertiary/aromatic N) is 4. The van der Waals surface area contributed by atoms with Crippen molar-refractivity contribution in [2.24, 2.45) is 0 Å². The molecule has 0 aliphatic rings. The summed E-state index contributed by atoms with van der Waals surface area (Å²) in [6.07, 6.45) is 5.46. The molecule has 0 saturated heterocycles. The molecule has 2 heterocycles. The number of pyridine rings is 2. The van der Waals surface area contributed by atoms with Gasteiger partial charge in [-0.2, -0.15) is 11.8 Å². The summed E-state index contributed by atoms with van der Waals surface area (Å²) in [5.74, 6) is 0.858. The minimum absolute atomic E-state index is 0.153. The van der Waals surface area contributed by atoms with E-state index in [4.69, 9.17) is 9.68 Å². The van der Waals surface area contributed by atoms with Crippen LogP contribution in [0.1, 0.15) is 78.9 Å². The fourth-order valence-corrected chi connectivity index (χ4v) is 9.10. The zero-order valence-corrected chi connectivity index (χ0v) is 31.7. The van der Waals surface area contributed by atoms with Gasteiger partial charge in [0.15, 0.2) is 9.84 Å². The molecule has 0 spiro atoms. The lowest BCUT2D eigenvalue weighted by Crippen LogP contribution is -2.50. The van der Waals surface area contributed by atoms with Crippen molar-refractivity contribution in [3.05, 3.63) is 84.2 Å². The minimum Gasteiger partial charge on any atom is -0.276 e. The molecule has 0 fully saturated rings. The van der Waals surface area contributed by atoms with E-state index in [9.17, 15) is 18.0 Å². The highest BCUT2D eigenvalue weighted by Gasteiger charge is 2.39. The van der Waals surface area contributed by atoms with Gasteiger partial charge >= 0.3 is 0 Å². The number of aromatic nitrogens is 2. The van der Waals surface area contributed by atoms with E-state index in [1.165, 1.54) is 5.06 Å². The topological polar surface area (TPSA) is 119 Å². The second-order valence-corrected chi connectivity index (χ2v) is 17.7. The standard InChI is InChI=1S/C38H50N4O6S2/c1-8-35(42(27-44)48-38(5,6)7)36(50(45,46)25-29-20-31-14-10-12-16-34(31)40-22-29)18-17-32(41(26-43)47-37(2,3)4)24-49-23-28-19-30-13-9-11-15-33(30)39-21-28/h9-16,19-22,26-27,32,35-36H,8,17-18,23-25H2,1-7H3/t32-,35-,36?/m0/s1. The second-order valence-electron chi connectivity index (χ2n) is 14.5. The van der Waals surface area contributed by atoms with E-state index in [0.29, 0.717) is 42.7 Å². The Kier molecular flexibility index (Phi) is 13.4. The first kappa shape index (κ1) is 39.2. The quantitative estimate of drug-likeness (QED) is 0.0770. The predicted octanol–water partition coefficient (Wildman–Crippen LogP) is 7.30. The van der Waals surface area contributed by atoms with Crippen molar-refractivity contribution >= 4 is 56.2 Å². The number of hydrogen-bond acceptors (Lipinski definition) is 9. The summed E-state index contributed by atoms with van der Waals surface area (Å²) in [4.78, 5) is 46.0. The van der Waals surface area contributed by atoms with E-state index in [1.54, 1.807) is 18.0 Å². The van der Waals surface area contributed by atoms with Crippen molar-refractivity contribution in [1.82, 2.24) is 20.1 Å². The molecule has 4 rings (SSSR count). The van der Waals surface area contributed by atoms with Gasteiger partial charge < -0.3 is 0 Å². The van der Waals surface area contributed by atoms with Crippen LogP contribution in [0, 0.1) is 0 Å². The van der Waals surface area contributed by atoms with Crippen molar-refractivity contribution < 1.29 is 27.7 Å². The third-order valence-electron chi connectivity index (χ3n) is 7.99. The van der Waals surface area contributed by atoms with Gasteiger partial charge in [0.25, 0.3) is 0 Å². The zero-order chi connectivity index (χ0) is 36.5. The van der Waals surface area contributed by atoms with Gasteiger partial charge in [-0.25, -0.2) is 18.5 Å². The normalized spacial score (nSPS) is 14.3. The zero-order valence-electron chi connectivity index (χ0n) is 30.1. The van der Waals surface area contributed by atoms with Crippen LogP contribution >= 0.6 is 11.8 Å². The van der Waals surface area contributed by atoms with Crippen LogP contribution in [-0.4, -0.2) is 75.6 Å². The molecule has 0 saturated carbocycles. The van der Waals surface area contributed by atoms with E-state index in [-0.39, 0.29) is 12.2 Å². The summed E-state index contributed by atoms with van der Waals surface area (Å²) in [5, 5.41) is 3.35. The molecule has 2 aromatic heterocycles. The smallest absolute Gasteiger partial charge is 0.233 e. The SMILES string of the molecule is CC[C@@H](C(CC[C@@H](CSCc1cnc2ccccc2c1)N(C=O)OC(C)(C)C)S(=O)(=O)Cc1cnc2ccccc2c1)N(C=O)OC(C)(C)C. The maximum atomic E-state index is 14.5. The summed E-state index contributed by atoms with van der Waals surface area (Å²) in [6, 6.07) is 18.2. The number of rotatable bonds is 18. The van der Waals surface area contributed by atoms with Gasteiger partial charge in [0, 0.05) is 34.7 Å². The van der Waals surface area contributed by atoms with Gasteiger partial charge in [0.2, 0.25) is 12.8 Å². The van der Waals surface area contributed by atoms with Crippen molar-refractivity contribution in [2.45, 2.75) is 108 Å². The minimum atomic E-state index is -3.90. The number of para-hydroxylation sites is 2. The number of sulfone groups is 1. The van der Waals surface area contributed by atoms with E-state index in [2.05, 4.69) is 16.0 Å². The first-order valence-corrected chi connectivity index (χ1v) is 19.8. The number of benzene rings is 2. The highest BCUT2D eigenvalue weighted by molar-refractivity contribution is 7.98. The number of thioether (sulfide) groups is 1. The number of hydroxylamine groups is 4. The van der Waals surface area contributed by atoms with Crippen LogP contribution in [0.2, 0.25) is 0 Å².